The summed E-state index contributed by atoms with van der Waals surface area (Å²) in [6.07, 6.45) is 2.26. The van der Waals surface area contributed by atoms with Gasteiger partial charge in [-0.3, -0.25) is 10.1 Å². The molecule has 1 saturated heterocycles. The van der Waals surface area contributed by atoms with E-state index in [1.165, 1.54) is 11.3 Å². The minimum Gasteiger partial charge on any atom is -0.369 e. The molecule has 2 rings (SSSR count). The van der Waals surface area contributed by atoms with E-state index in [4.69, 9.17) is 5.73 Å². The van der Waals surface area contributed by atoms with Crippen molar-refractivity contribution in [1.82, 2.24) is 9.88 Å². The second-order valence-electron chi connectivity index (χ2n) is 3.60. The molecule has 1 aromatic heterocycles. The molecule has 2 heterocycles. The SMILES string of the molecule is NC(=O)C1CCN(C(=O)Nc2nccs2)C1. The molecule has 1 aliphatic rings. The second-order valence-corrected chi connectivity index (χ2v) is 4.50. The molecule has 6 nitrogen and oxygen atoms in total. The molecule has 0 bridgehead atoms. The van der Waals surface area contributed by atoms with E-state index < -0.39 is 0 Å². The Kier molecular flexibility index (Phi) is 3.04. The fourth-order valence-electron chi connectivity index (χ4n) is 1.63. The molecule has 7 heteroatoms. The molecule has 0 saturated carbocycles. The zero-order valence-electron chi connectivity index (χ0n) is 8.55. The standard InChI is InChI=1S/C9H12N4O2S/c10-7(14)6-1-3-13(5-6)9(15)12-8-11-2-4-16-8/h2,4,6H,1,3,5H2,(H2,10,14)(H,11,12,15). The van der Waals surface area contributed by atoms with Gasteiger partial charge in [-0.05, 0) is 6.42 Å². The van der Waals surface area contributed by atoms with Crippen LogP contribution in [0.4, 0.5) is 9.93 Å². The van der Waals surface area contributed by atoms with Crippen LogP contribution in [0, 0.1) is 5.92 Å². The first kappa shape index (κ1) is 10.9. The lowest BCUT2D eigenvalue weighted by Crippen LogP contribution is -2.34. The molecule has 1 aromatic rings. The molecular weight excluding hydrogens is 228 g/mol. The van der Waals surface area contributed by atoms with Gasteiger partial charge in [0.25, 0.3) is 0 Å². The topological polar surface area (TPSA) is 88.3 Å². The summed E-state index contributed by atoms with van der Waals surface area (Å²) >= 11 is 1.36. The maximum absolute atomic E-state index is 11.7. The van der Waals surface area contributed by atoms with Gasteiger partial charge in [0.15, 0.2) is 5.13 Å². The highest BCUT2D eigenvalue weighted by Gasteiger charge is 2.29. The van der Waals surface area contributed by atoms with Crippen LogP contribution in [-0.4, -0.2) is 34.9 Å². The molecule has 1 atom stereocenters. The van der Waals surface area contributed by atoms with Crippen LogP contribution in [0.2, 0.25) is 0 Å². The normalized spacial score (nSPS) is 19.8. The predicted molar refractivity (Wildman–Crippen MR) is 60.0 cm³/mol. The quantitative estimate of drug-likeness (QED) is 0.788. The van der Waals surface area contributed by atoms with Crippen molar-refractivity contribution in [3.63, 3.8) is 0 Å². The highest BCUT2D eigenvalue weighted by atomic mass is 32.1. The van der Waals surface area contributed by atoms with Crippen molar-refractivity contribution >= 4 is 28.4 Å². The van der Waals surface area contributed by atoms with Gasteiger partial charge in [-0.15, -0.1) is 11.3 Å². The zero-order valence-corrected chi connectivity index (χ0v) is 9.37. The van der Waals surface area contributed by atoms with Crippen molar-refractivity contribution < 1.29 is 9.59 Å². The first-order valence-electron chi connectivity index (χ1n) is 4.91. The van der Waals surface area contributed by atoms with Gasteiger partial charge in [-0.1, -0.05) is 0 Å². The molecule has 86 valence electrons. The maximum Gasteiger partial charge on any atom is 0.323 e. The van der Waals surface area contributed by atoms with Crippen LogP contribution < -0.4 is 11.1 Å². The summed E-state index contributed by atoms with van der Waals surface area (Å²) in [5.74, 6) is -0.563. The molecule has 1 aliphatic heterocycles. The van der Waals surface area contributed by atoms with Crippen molar-refractivity contribution in [1.29, 1.82) is 0 Å². The predicted octanol–water partition coefficient (Wildman–Crippen LogP) is 0.482. The lowest BCUT2D eigenvalue weighted by atomic mass is 10.1. The summed E-state index contributed by atoms with van der Waals surface area (Å²) < 4.78 is 0. The van der Waals surface area contributed by atoms with Crippen molar-refractivity contribution in [2.75, 3.05) is 18.4 Å². The number of urea groups is 1. The van der Waals surface area contributed by atoms with Gasteiger partial charge in [0.1, 0.15) is 0 Å². The molecular formula is C9H12N4O2S. The fraction of sp³-hybridized carbons (Fsp3) is 0.444. The Labute approximate surface area is 96.4 Å². The Bertz CT molecular complexity index is 392. The highest BCUT2D eigenvalue weighted by molar-refractivity contribution is 7.13. The van der Waals surface area contributed by atoms with Crippen LogP contribution in [0.1, 0.15) is 6.42 Å². The number of hydrogen-bond donors (Lipinski definition) is 2. The van der Waals surface area contributed by atoms with E-state index in [1.807, 2.05) is 0 Å². The van der Waals surface area contributed by atoms with Crippen LogP contribution in [0.15, 0.2) is 11.6 Å². The number of nitrogens with zero attached hydrogens (tertiary/aromatic N) is 2. The van der Waals surface area contributed by atoms with Crippen molar-refractivity contribution in [2.24, 2.45) is 11.7 Å². The summed E-state index contributed by atoms with van der Waals surface area (Å²) in [7, 11) is 0. The summed E-state index contributed by atoms with van der Waals surface area (Å²) in [6.45, 7) is 0.956. The van der Waals surface area contributed by atoms with Gasteiger partial charge < -0.3 is 10.6 Å². The number of anilines is 1. The van der Waals surface area contributed by atoms with E-state index in [-0.39, 0.29) is 17.9 Å². The monoisotopic (exact) mass is 240 g/mol. The minimum atomic E-state index is -0.343. The van der Waals surface area contributed by atoms with Gasteiger partial charge in [-0.25, -0.2) is 9.78 Å². The molecule has 1 fully saturated rings. The molecule has 3 N–H and O–H groups in total. The number of amides is 3. The van der Waals surface area contributed by atoms with Gasteiger partial charge in [0, 0.05) is 24.7 Å². The lowest BCUT2D eigenvalue weighted by molar-refractivity contribution is -0.121. The summed E-state index contributed by atoms with van der Waals surface area (Å²) in [4.78, 5) is 28.2. The molecule has 3 amide bonds. The lowest BCUT2D eigenvalue weighted by Gasteiger charge is -2.15. The number of carbonyl (C=O) groups excluding carboxylic acids is 2. The molecule has 16 heavy (non-hydrogen) atoms. The summed E-state index contributed by atoms with van der Waals surface area (Å²) in [5, 5.41) is 5.01. The Hall–Kier alpha value is -1.63. The Balaban J connectivity index is 1.90. The maximum atomic E-state index is 11.7. The number of carbonyl (C=O) groups is 2. The molecule has 1 unspecified atom stereocenters. The minimum absolute atomic E-state index is 0.220. The molecule has 0 radical (unpaired) electrons. The Morgan fingerprint density at radius 2 is 2.44 bits per heavy atom. The number of likely N-dealkylation sites (tertiary alicyclic amines) is 1. The average Bonchev–Trinajstić information content (AvgIpc) is 2.86. The fourth-order valence-corrected chi connectivity index (χ4v) is 2.15. The van der Waals surface area contributed by atoms with Crippen LogP contribution in [-0.2, 0) is 4.79 Å². The summed E-state index contributed by atoms with van der Waals surface area (Å²) in [5.41, 5.74) is 5.19. The highest BCUT2D eigenvalue weighted by Crippen LogP contribution is 2.18. The van der Waals surface area contributed by atoms with Gasteiger partial charge in [0.2, 0.25) is 5.91 Å². The zero-order chi connectivity index (χ0) is 11.5. The third kappa shape index (κ3) is 2.30. The molecule has 0 aromatic carbocycles. The number of nitrogens with two attached hydrogens (primary N) is 1. The smallest absolute Gasteiger partial charge is 0.323 e. The first-order chi connectivity index (χ1) is 7.66. The molecule has 0 spiro atoms. The largest absolute Gasteiger partial charge is 0.369 e. The van der Waals surface area contributed by atoms with E-state index in [0.29, 0.717) is 24.6 Å². The number of nitrogens with one attached hydrogen (secondary N) is 1. The van der Waals surface area contributed by atoms with E-state index in [1.54, 1.807) is 16.5 Å². The van der Waals surface area contributed by atoms with E-state index in [2.05, 4.69) is 10.3 Å². The van der Waals surface area contributed by atoms with Gasteiger partial charge in [0.05, 0.1) is 5.92 Å². The van der Waals surface area contributed by atoms with Crippen molar-refractivity contribution in [2.45, 2.75) is 6.42 Å². The number of rotatable bonds is 2. The average molecular weight is 240 g/mol. The third-order valence-electron chi connectivity index (χ3n) is 2.52. The number of aromatic nitrogens is 1. The number of hydrogen-bond acceptors (Lipinski definition) is 4. The van der Waals surface area contributed by atoms with Crippen molar-refractivity contribution in [3.8, 4) is 0 Å². The first-order valence-corrected chi connectivity index (χ1v) is 5.79. The number of thiazole rings is 1. The third-order valence-corrected chi connectivity index (χ3v) is 3.21. The van der Waals surface area contributed by atoms with Crippen molar-refractivity contribution in [3.05, 3.63) is 11.6 Å². The Morgan fingerprint density at radius 3 is 3.00 bits per heavy atom. The number of primary amides is 1. The Morgan fingerprint density at radius 1 is 1.62 bits per heavy atom. The van der Waals surface area contributed by atoms with Crippen LogP contribution in [0.25, 0.3) is 0 Å². The van der Waals surface area contributed by atoms with E-state index >= 15 is 0 Å². The van der Waals surface area contributed by atoms with E-state index in [9.17, 15) is 9.59 Å². The van der Waals surface area contributed by atoms with Gasteiger partial charge in [-0.2, -0.15) is 0 Å². The van der Waals surface area contributed by atoms with E-state index in [0.717, 1.165) is 0 Å². The second kappa shape index (κ2) is 4.48. The molecule has 0 aliphatic carbocycles. The van der Waals surface area contributed by atoms with Crippen LogP contribution >= 0.6 is 11.3 Å². The van der Waals surface area contributed by atoms with Gasteiger partial charge >= 0.3 is 6.03 Å². The summed E-state index contributed by atoms with van der Waals surface area (Å²) in [6, 6.07) is -0.223. The van der Waals surface area contributed by atoms with Crippen LogP contribution in [0.5, 0.6) is 0 Å². The van der Waals surface area contributed by atoms with Crippen LogP contribution in [0.3, 0.4) is 0 Å².